The molecule has 0 aliphatic heterocycles. The molecule has 1 aromatic rings. The van der Waals surface area contributed by atoms with Gasteiger partial charge in [-0.05, 0) is 0 Å². The number of nitrogens with zero attached hydrogens (tertiary/aromatic N) is 1. The van der Waals surface area contributed by atoms with Crippen LogP contribution in [-0.2, 0) is 11.2 Å². The fourth-order valence-corrected chi connectivity index (χ4v) is 1.42. The minimum Gasteiger partial charge on any atom is -0.481 e. The quantitative estimate of drug-likeness (QED) is 0.834. The number of carbonyl (C=O) groups is 1. The van der Waals surface area contributed by atoms with Crippen LogP contribution in [0.15, 0.2) is 6.07 Å². The molecule has 4 nitrogen and oxygen atoms in total. The zero-order chi connectivity index (χ0) is 12.3. The fourth-order valence-electron chi connectivity index (χ4n) is 1.16. The number of hydrogen-bond donors (Lipinski definition) is 1. The van der Waals surface area contributed by atoms with E-state index in [0.717, 1.165) is 6.07 Å². The number of pyridine rings is 1. The van der Waals surface area contributed by atoms with E-state index < -0.39 is 24.4 Å². The molecule has 88 valence electrons. The lowest BCUT2D eigenvalue weighted by Crippen LogP contribution is -2.07. The van der Waals surface area contributed by atoms with Crippen molar-refractivity contribution in [1.29, 1.82) is 0 Å². The van der Waals surface area contributed by atoms with Crippen LogP contribution in [0.3, 0.4) is 0 Å². The summed E-state index contributed by atoms with van der Waals surface area (Å²) in [5.74, 6) is -1.33. The lowest BCUT2D eigenvalue weighted by atomic mass is 10.1. The highest BCUT2D eigenvalue weighted by atomic mass is 35.5. The van der Waals surface area contributed by atoms with Gasteiger partial charge in [-0.2, -0.15) is 0 Å². The van der Waals surface area contributed by atoms with Crippen molar-refractivity contribution in [1.82, 2.24) is 4.98 Å². The molecular weight excluding hydrogens is 244 g/mol. The van der Waals surface area contributed by atoms with Crippen LogP contribution >= 0.6 is 11.6 Å². The molecule has 0 atom stereocenters. The van der Waals surface area contributed by atoms with E-state index in [0.29, 0.717) is 0 Å². The van der Waals surface area contributed by atoms with E-state index >= 15 is 0 Å². The molecule has 0 aliphatic carbocycles. The number of aromatic nitrogens is 1. The highest BCUT2D eigenvalue weighted by Crippen LogP contribution is 2.30. The van der Waals surface area contributed by atoms with Crippen LogP contribution < -0.4 is 4.74 Å². The first kappa shape index (κ1) is 12.6. The van der Waals surface area contributed by atoms with Crippen LogP contribution in [0, 0.1) is 0 Å². The maximum Gasteiger partial charge on any atom is 0.307 e. The normalized spacial score (nSPS) is 10.6. The van der Waals surface area contributed by atoms with E-state index in [1.165, 1.54) is 7.11 Å². The van der Waals surface area contributed by atoms with Gasteiger partial charge in [0.2, 0.25) is 5.88 Å². The Labute approximate surface area is 94.8 Å². The minimum absolute atomic E-state index is 0.0746. The Kier molecular flexibility index (Phi) is 4.00. The first-order chi connectivity index (χ1) is 7.45. The molecular formula is C9H8ClF2NO3. The molecule has 0 saturated heterocycles. The summed E-state index contributed by atoms with van der Waals surface area (Å²) in [5, 5.41) is 8.28. The van der Waals surface area contributed by atoms with Crippen molar-refractivity contribution in [2.75, 3.05) is 7.11 Å². The molecule has 0 radical (unpaired) electrons. The molecule has 0 saturated carbocycles. The average molecular weight is 252 g/mol. The predicted molar refractivity (Wildman–Crippen MR) is 52.1 cm³/mol. The van der Waals surface area contributed by atoms with Crippen molar-refractivity contribution >= 4 is 17.6 Å². The molecule has 1 rings (SSSR count). The molecule has 0 unspecified atom stereocenters. The number of halogens is 3. The van der Waals surface area contributed by atoms with Gasteiger partial charge in [0.25, 0.3) is 6.43 Å². The lowest BCUT2D eigenvalue weighted by molar-refractivity contribution is -0.136. The summed E-state index contributed by atoms with van der Waals surface area (Å²) >= 11 is 5.61. The summed E-state index contributed by atoms with van der Waals surface area (Å²) in [4.78, 5) is 14.1. The van der Waals surface area contributed by atoms with E-state index in [4.69, 9.17) is 16.7 Å². The molecule has 0 aliphatic rings. The van der Waals surface area contributed by atoms with E-state index in [9.17, 15) is 13.6 Å². The summed E-state index contributed by atoms with van der Waals surface area (Å²) in [7, 11) is 1.25. The van der Waals surface area contributed by atoms with Gasteiger partial charge in [0.15, 0.2) is 0 Å². The molecule has 0 fully saturated rings. The third-order valence-electron chi connectivity index (χ3n) is 1.86. The maximum absolute atomic E-state index is 12.6. The standard InChI is InChI=1S/C9H8ClF2NO3/c1-16-6-2-5(9(11)12)4(3-7(14)15)8(10)13-6/h2,9H,3H2,1H3,(H,14,15). The topological polar surface area (TPSA) is 59.4 Å². The lowest BCUT2D eigenvalue weighted by Gasteiger charge is -2.10. The molecule has 1 heterocycles. The maximum atomic E-state index is 12.6. The van der Waals surface area contributed by atoms with Crippen molar-refractivity contribution in [3.8, 4) is 5.88 Å². The highest BCUT2D eigenvalue weighted by Gasteiger charge is 2.20. The molecule has 0 amide bonds. The third-order valence-corrected chi connectivity index (χ3v) is 2.17. The highest BCUT2D eigenvalue weighted by molar-refractivity contribution is 6.30. The minimum atomic E-state index is -2.83. The average Bonchev–Trinajstić information content (AvgIpc) is 2.19. The van der Waals surface area contributed by atoms with Gasteiger partial charge >= 0.3 is 5.97 Å². The molecule has 7 heteroatoms. The van der Waals surface area contributed by atoms with Gasteiger partial charge in [-0.15, -0.1) is 0 Å². The summed E-state index contributed by atoms with van der Waals surface area (Å²) < 4.78 is 29.9. The Morgan fingerprint density at radius 3 is 2.75 bits per heavy atom. The number of hydrogen-bond acceptors (Lipinski definition) is 3. The molecule has 16 heavy (non-hydrogen) atoms. The van der Waals surface area contributed by atoms with E-state index in [-0.39, 0.29) is 16.6 Å². The largest absolute Gasteiger partial charge is 0.481 e. The Morgan fingerprint density at radius 2 is 2.31 bits per heavy atom. The smallest absolute Gasteiger partial charge is 0.307 e. The monoisotopic (exact) mass is 251 g/mol. The van der Waals surface area contributed by atoms with Crippen molar-refractivity contribution in [3.63, 3.8) is 0 Å². The summed E-state index contributed by atoms with van der Waals surface area (Å²) in [6, 6.07) is 0.981. The van der Waals surface area contributed by atoms with E-state index in [1.54, 1.807) is 0 Å². The van der Waals surface area contributed by atoms with Crippen LogP contribution in [-0.4, -0.2) is 23.2 Å². The Bertz CT molecular complexity index is 412. The second-order valence-corrected chi connectivity index (χ2v) is 3.25. The summed E-state index contributed by atoms with van der Waals surface area (Å²) in [6.45, 7) is 0. The van der Waals surface area contributed by atoms with Crippen molar-refractivity contribution in [2.45, 2.75) is 12.8 Å². The Balaban J connectivity index is 3.27. The number of alkyl halides is 2. The fraction of sp³-hybridized carbons (Fsp3) is 0.333. The second kappa shape index (κ2) is 5.07. The molecule has 0 bridgehead atoms. The summed E-state index contributed by atoms with van der Waals surface area (Å²) in [6.07, 6.45) is -3.43. The SMILES string of the molecule is COc1cc(C(F)F)c(CC(=O)O)c(Cl)n1. The van der Waals surface area contributed by atoms with E-state index in [2.05, 4.69) is 9.72 Å². The molecule has 1 aromatic heterocycles. The number of carboxylic acid groups (broad SMARTS) is 1. The Hall–Kier alpha value is -1.43. The third kappa shape index (κ3) is 2.79. The predicted octanol–water partition coefficient (Wildman–Crippen LogP) is 2.31. The van der Waals surface area contributed by atoms with Crippen LogP contribution in [0.5, 0.6) is 5.88 Å². The Morgan fingerprint density at radius 1 is 1.69 bits per heavy atom. The molecule has 0 aromatic carbocycles. The zero-order valence-electron chi connectivity index (χ0n) is 8.21. The first-order valence-corrected chi connectivity index (χ1v) is 4.56. The first-order valence-electron chi connectivity index (χ1n) is 4.19. The number of rotatable bonds is 4. The van der Waals surface area contributed by atoms with Gasteiger partial charge in [-0.1, -0.05) is 11.6 Å². The van der Waals surface area contributed by atoms with Gasteiger partial charge < -0.3 is 9.84 Å². The number of ether oxygens (including phenoxy) is 1. The number of carboxylic acids is 1. The molecule has 1 N–H and O–H groups in total. The van der Waals surface area contributed by atoms with Crippen LogP contribution in [0.1, 0.15) is 17.6 Å². The van der Waals surface area contributed by atoms with Crippen molar-refractivity contribution < 1.29 is 23.4 Å². The van der Waals surface area contributed by atoms with Gasteiger partial charge in [0.1, 0.15) is 5.15 Å². The van der Waals surface area contributed by atoms with Crippen molar-refractivity contribution in [3.05, 3.63) is 22.3 Å². The number of aliphatic carboxylic acids is 1. The summed E-state index contributed by atoms with van der Waals surface area (Å²) in [5.41, 5.74) is -0.663. The van der Waals surface area contributed by atoms with E-state index in [1.807, 2.05) is 0 Å². The van der Waals surface area contributed by atoms with Crippen LogP contribution in [0.2, 0.25) is 5.15 Å². The van der Waals surface area contributed by atoms with Crippen LogP contribution in [0.4, 0.5) is 8.78 Å². The van der Waals surface area contributed by atoms with Crippen LogP contribution in [0.25, 0.3) is 0 Å². The molecule has 0 spiro atoms. The second-order valence-electron chi connectivity index (χ2n) is 2.89. The van der Waals surface area contributed by atoms with Crippen molar-refractivity contribution in [2.24, 2.45) is 0 Å². The number of methoxy groups -OCH3 is 1. The van der Waals surface area contributed by atoms with Gasteiger partial charge in [-0.3, -0.25) is 4.79 Å². The van der Waals surface area contributed by atoms with Gasteiger partial charge in [0.05, 0.1) is 13.5 Å². The van der Waals surface area contributed by atoms with Gasteiger partial charge in [-0.25, -0.2) is 13.8 Å². The zero-order valence-corrected chi connectivity index (χ0v) is 8.96. The van der Waals surface area contributed by atoms with Gasteiger partial charge in [0, 0.05) is 17.2 Å².